The minimum Gasteiger partial charge on any atom is -0.352 e. The number of halogens is 1. The molecule has 1 aliphatic heterocycles. The number of nitrogens with zero attached hydrogens (tertiary/aromatic N) is 4. The Labute approximate surface area is 183 Å². The summed E-state index contributed by atoms with van der Waals surface area (Å²) in [6, 6.07) is 9.03. The van der Waals surface area contributed by atoms with Crippen LogP contribution in [0.3, 0.4) is 0 Å². The Hall–Kier alpha value is -1.87. The third-order valence-electron chi connectivity index (χ3n) is 5.05. The highest BCUT2D eigenvalue weighted by Crippen LogP contribution is 2.35. The second kappa shape index (κ2) is 8.87. The molecular formula is C20H22ClN5OS2. The molecule has 0 spiro atoms. The Balaban J connectivity index is 1.39. The van der Waals surface area contributed by atoms with E-state index in [0.29, 0.717) is 24.5 Å². The van der Waals surface area contributed by atoms with Crippen LogP contribution in [-0.4, -0.2) is 59.3 Å². The largest absolute Gasteiger partial charge is 0.352 e. The van der Waals surface area contributed by atoms with Crippen LogP contribution in [0, 0.1) is 0 Å². The summed E-state index contributed by atoms with van der Waals surface area (Å²) in [5.74, 6) is 0.950. The Bertz CT molecular complexity index is 1000. The van der Waals surface area contributed by atoms with Crippen LogP contribution in [0.4, 0.5) is 5.82 Å². The van der Waals surface area contributed by atoms with Gasteiger partial charge >= 0.3 is 0 Å². The van der Waals surface area contributed by atoms with Crippen LogP contribution in [0.5, 0.6) is 0 Å². The number of rotatable bonds is 5. The van der Waals surface area contributed by atoms with Gasteiger partial charge in [-0.25, -0.2) is 9.97 Å². The molecule has 9 heteroatoms. The van der Waals surface area contributed by atoms with Gasteiger partial charge in [0.15, 0.2) is 0 Å². The third kappa shape index (κ3) is 4.50. The Morgan fingerprint density at radius 2 is 1.97 bits per heavy atom. The molecule has 1 amide bonds. The lowest BCUT2D eigenvalue weighted by Crippen LogP contribution is -2.53. The zero-order chi connectivity index (χ0) is 20.4. The van der Waals surface area contributed by atoms with Crippen molar-refractivity contribution in [2.75, 3.05) is 37.3 Å². The molecule has 1 unspecified atom stereocenters. The van der Waals surface area contributed by atoms with Gasteiger partial charge in [-0.05, 0) is 36.4 Å². The molecule has 1 saturated heterocycles. The second-order valence-electron chi connectivity index (χ2n) is 6.93. The van der Waals surface area contributed by atoms with E-state index < -0.39 is 6.04 Å². The summed E-state index contributed by atoms with van der Waals surface area (Å²) >= 11 is 9.36. The van der Waals surface area contributed by atoms with Crippen LogP contribution in [0.2, 0.25) is 5.02 Å². The highest BCUT2D eigenvalue weighted by molar-refractivity contribution is 8.00. The molecule has 3 heterocycles. The molecule has 2 N–H and O–H groups in total. The molecule has 1 atom stereocenters. The van der Waals surface area contributed by atoms with Gasteiger partial charge in [0.2, 0.25) is 5.91 Å². The molecule has 1 fully saturated rings. The number of thioether (sulfide) groups is 1. The quantitative estimate of drug-likeness (QED) is 0.605. The van der Waals surface area contributed by atoms with Crippen molar-refractivity contribution in [1.82, 2.24) is 14.9 Å². The molecule has 29 heavy (non-hydrogen) atoms. The summed E-state index contributed by atoms with van der Waals surface area (Å²) in [7, 11) is 0. The van der Waals surface area contributed by atoms with Gasteiger partial charge < -0.3 is 15.5 Å². The first-order valence-electron chi connectivity index (χ1n) is 9.37. The van der Waals surface area contributed by atoms with E-state index in [1.807, 2.05) is 29.2 Å². The molecule has 6 nitrogen and oxygen atoms in total. The molecule has 0 radical (unpaired) electrons. The van der Waals surface area contributed by atoms with Gasteiger partial charge in [-0.1, -0.05) is 23.7 Å². The van der Waals surface area contributed by atoms with E-state index in [1.165, 1.54) is 4.21 Å². The van der Waals surface area contributed by atoms with Crippen LogP contribution < -0.4 is 10.6 Å². The van der Waals surface area contributed by atoms with Crippen molar-refractivity contribution in [3.8, 4) is 0 Å². The van der Waals surface area contributed by atoms with Crippen molar-refractivity contribution < 1.29 is 4.79 Å². The summed E-state index contributed by atoms with van der Waals surface area (Å²) < 4.78 is 2.33. The first kappa shape index (κ1) is 20.4. The van der Waals surface area contributed by atoms with Gasteiger partial charge in [0.25, 0.3) is 0 Å². The van der Waals surface area contributed by atoms with Crippen LogP contribution in [0.25, 0.3) is 10.2 Å². The van der Waals surface area contributed by atoms with Crippen molar-refractivity contribution in [2.45, 2.75) is 16.7 Å². The van der Waals surface area contributed by atoms with E-state index >= 15 is 0 Å². The lowest BCUT2D eigenvalue weighted by Gasteiger charge is -2.36. The highest BCUT2D eigenvalue weighted by Gasteiger charge is 2.27. The number of carbonyl (C=O) groups is 1. The maximum absolute atomic E-state index is 12.8. The predicted molar refractivity (Wildman–Crippen MR) is 121 cm³/mol. The Kier molecular flexibility index (Phi) is 6.24. The molecule has 1 aliphatic rings. The van der Waals surface area contributed by atoms with Crippen molar-refractivity contribution in [3.05, 3.63) is 47.2 Å². The summed E-state index contributed by atoms with van der Waals surface area (Å²) in [6.07, 6.45) is 4.19. The summed E-state index contributed by atoms with van der Waals surface area (Å²) in [4.78, 5) is 25.8. The summed E-state index contributed by atoms with van der Waals surface area (Å²) in [5, 5.41) is 0.680. The van der Waals surface area contributed by atoms with Crippen LogP contribution in [0.1, 0.15) is 5.56 Å². The van der Waals surface area contributed by atoms with Gasteiger partial charge in [0, 0.05) is 31.2 Å². The van der Waals surface area contributed by atoms with Gasteiger partial charge in [-0.15, -0.1) is 23.1 Å². The van der Waals surface area contributed by atoms with Crippen LogP contribution in [0.15, 0.2) is 40.9 Å². The number of carbonyl (C=O) groups excluding carboxylic acids is 1. The number of hydrogen-bond acceptors (Lipinski definition) is 7. The maximum atomic E-state index is 12.8. The minimum atomic E-state index is -0.546. The van der Waals surface area contributed by atoms with Gasteiger partial charge in [0.1, 0.15) is 12.1 Å². The standard InChI is InChI=1S/C20H22ClN5OS2/c1-28-17-11-16-18(29-17)19(24-12-23-16)25-6-8-26(9-7-25)20(27)15(22)10-13-2-4-14(21)5-3-13/h2-5,11-12,15H,6-10,22H2,1H3. The SMILES string of the molecule is CSc1cc2ncnc(N3CCN(C(=O)C(N)Cc4ccc(Cl)cc4)CC3)c2s1. The maximum Gasteiger partial charge on any atom is 0.239 e. The topological polar surface area (TPSA) is 75.4 Å². The number of aromatic nitrogens is 2. The molecule has 4 rings (SSSR count). The highest BCUT2D eigenvalue weighted by atomic mass is 35.5. The molecule has 0 bridgehead atoms. The fourth-order valence-electron chi connectivity index (χ4n) is 3.48. The number of amides is 1. The number of piperazine rings is 1. The van der Waals surface area contributed by atoms with Crippen molar-refractivity contribution in [1.29, 1.82) is 0 Å². The fourth-order valence-corrected chi connectivity index (χ4v) is 5.28. The van der Waals surface area contributed by atoms with Crippen molar-refractivity contribution in [2.24, 2.45) is 5.73 Å². The fraction of sp³-hybridized carbons (Fsp3) is 0.350. The molecule has 152 valence electrons. The molecule has 3 aromatic rings. The average Bonchev–Trinajstić information content (AvgIpc) is 3.18. The number of benzene rings is 1. The molecule has 2 aromatic heterocycles. The van der Waals surface area contributed by atoms with E-state index in [0.717, 1.165) is 34.7 Å². The number of fused-ring (bicyclic) bond motifs is 1. The lowest BCUT2D eigenvalue weighted by atomic mass is 10.1. The number of anilines is 1. The third-order valence-corrected chi connectivity index (χ3v) is 7.48. The first-order chi connectivity index (χ1) is 14.0. The number of nitrogens with two attached hydrogens (primary N) is 1. The molecule has 0 saturated carbocycles. The van der Waals surface area contributed by atoms with E-state index in [1.54, 1.807) is 29.4 Å². The van der Waals surface area contributed by atoms with Crippen molar-refractivity contribution >= 4 is 56.6 Å². The number of thiophene rings is 1. The molecule has 0 aliphatic carbocycles. The first-order valence-corrected chi connectivity index (χ1v) is 11.8. The van der Waals surface area contributed by atoms with Gasteiger partial charge in [0.05, 0.1) is 20.5 Å². The minimum absolute atomic E-state index is 0.00627. The monoisotopic (exact) mass is 447 g/mol. The van der Waals surface area contributed by atoms with E-state index in [4.69, 9.17) is 17.3 Å². The smallest absolute Gasteiger partial charge is 0.239 e. The average molecular weight is 448 g/mol. The van der Waals surface area contributed by atoms with Gasteiger partial charge in [-0.2, -0.15) is 0 Å². The molecule has 1 aromatic carbocycles. The van der Waals surface area contributed by atoms with Gasteiger partial charge in [-0.3, -0.25) is 4.79 Å². The van der Waals surface area contributed by atoms with Crippen LogP contribution >= 0.6 is 34.7 Å². The molecular weight excluding hydrogens is 426 g/mol. The Morgan fingerprint density at radius 1 is 1.24 bits per heavy atom. The summed E-state index contributed by atoms with van der Waals surface area (Å²) in [5.41, 5.74) is 8.19. The van der Waals surface area contributed by atoms with Crippen LogP contribution in [-0.2, 0) is 11.2 Å². The normalized spacial score (nSPS) is 15.7. The number of hydrogen-bond donors (Lipinski definition) is 1. The van der Waals surface area contributed by atoms with E-state index in [2.05, 4.69) is 27.2 Å². The predicted octanol–water partition coefficient (Wildman–Crippen LogP) is 3.29. The van der Waals surface area contributed by atoms with E-state index in [-0.39, 0.29) is 5.91 Å². The summed E-state index contributed by atoms with van der Waals surface area (Å²) in [6.45, 7) is 2.74. The second-order valence-corrected chi connectivity index (χ2v) is 9.53. The zero-order valence-electron chi connectivity index (χ0n) is 16.0. The Morgan fingerprint density at radius 3 is 2.66 bits per heavy atom. The van der Waals surface area contributed by atoms with Crippen molar-refractivity contribution in [3.63, 3.8) is 0 Å². The lowest BCUT2D eigenvalue weighted by molar-refractivity contribution is -0.132. The zero-order valence-corrected chi connectivity index (χ0v) is 18.4. The van der Waals surface area contributed by atoms with E-state index in [9.17, 15) is 4.79 Å².